The van der Waals surface area contributed by atoms with Crippen molar-refractivity contribution in [2.45, 2.75) is 26.1 Å². The second kappa shape index (κ2) is 6.48. The standard InChI is InChI=1S/C16H21N3O3/c1-12(7-14-3-2-6-22-14)9-18-4-5-19-13(10-18)8-15(17-19)16(21)11-20/h2-3,6-8,16,20-21H,4-5,9-11H2,1H3/b12-7+/t16-/m1/s1. The zero-order valence-corrected chi connectivity index (χ0v) is 12.6. The lowest BCUT2D eigenvalue weighted by Crippen LogP contribution is -2.34. The number of hydrogen-bond donors (Lipinski definition) is 2. The van der Waals surface area contributed by atoms with Crippen LogP contribution in [0.5, 0.6) is 0 Å². The van der Waals surface area contributed by atoms with Gasteiger partial charge in [0.15, 0.2) is 0 Å². The highest BCUT2D eigenvalue weighted by atomic mass is 16.3. The van der Waals surface area contributed by atoms with Crippen LogP contribution in [0.1, 0.15) is 30.2 Å². The topological polar surface area (TPSA) is 74.7 Å². The van der Waals surface area contributed by atoms with Crippen LogP contribution >= 0.6 is 0 Å². The van der Waals surface area contributed by atoms with Crippen molar-refractivity contribution in [1.82, 2.24) is 14.7 Å². The monoisotopic (exact) mass is 303 g/mol. The minimum absolute atomic E-state index is 0.300. The quantitative estimate of drug-likeness (QED) is 0.874. The molecule has 0 aliphatic carbocycles. The van der Waals surface area contributed by atoms with E-state index < -0.39 is 6.10 Å². The van der Waals surface area contributed by atoms with Gasteiger partial charge in [0, 0.05) is 19.6 Å². The summed E-state index contributed by atoms with van der Waals surface area (Å²) < 4.78 is 7.24. The molecule has 0 fully saturated rings. The van der Waals surface area contributed by atoms with E-state index in [1.807, 2.05) is 29.0 Å². The Hall–Kier alpha value is -1.89. The summed E-state index contributed by atoms with van der Waals surface area (Å²) >= 11 is 0. The van der Waals surface area contributed by atoms with Crippen LogP contribution in [0.15, 0.2) is 34.5 Å². The van der Waals surface area contributed by atoms with Gasteiger partial charge in [-0.3, -0.25) is 9.58 Å². The van der Waals surface area contributed by atoms with Crippen molar-refractivity contribution in [1.29, 1.82) is 0 Å². The van der Waals surface area contributed by atoms with E-state index in [2.05, 4.69) is 16.9 Å². The average Bonchev–Trinajstić information content (AvgIpc) is 3.14. The number of rotatable bonds is 5. The SMILES string of the molecule is C/C(=C\c1ccco1)CN1CCn2nc([C@H](O)CO)cc2C1. The second-order valence-corrected chi connectivity index (χ2v) is 5.70. The maximum Gasteiger partial charge on any atom is 0.126 e. The lowest BCUT2D eigenvalue weighted by Gasteiger charge is -2.27. The Kier molecular flexibility index (Phi) is 4.42. The molecule has 118 valence electrons. The van der Waals surface area contributed by atoms with Crippen LogP contribution in [0.4, 0.5) is 0 Å². The largest absolute Gasteiger partial charge is 0.465 e. The van der Waals surface area contributed by atoms with Crippen molar-refractivity contribution in [2.24, 2.45) is 0 Å². The zero-order valence-electron chi connectivity index (χ0n) is 12.6. The molecule has 2 N–H and O–H groups in total. The fourth-order valence-electron chi connectivity index (χ4n) is 2.75. The smallest absolute Gasteiger partial charge is 0.126 e. The lowest BCUT2D eigenvalue weighted by atomic mass is 10.2. The van der Waals surface area contributed by atoms with Gasteiger partial charge >= 0.3 is 0 Å². The molecule has 0 aromatic carbocycles. The highest BCUT2D eigenvalue weighted by Crippen LogP contribution is 2.19. The number of nitrogens with zero attached hydrogens (tertiary/aromatic N) is 3. The normalized spacial score (nSPS) is 17.5. The van der Waals surface area contributed by atoms with Crippen molar-refractivity contribution in [3.63, 3.8) is 0 Å². The van der Waals surface area contributed by atoms with E-state index in [4.69, 9.17) is 9.52 Å². The molecule has 0 amide bonds. The van der Waals surface area contributed by atoms with E-state index in [0.717, 1.165) is 37.6 Å². The van der Waals surface area contributed by atoms with Gasteiger partial charge in [-0.25, -0.2) is 0 Å². The predicted octanol–water partition coefficient (Wildman–Crippen LogP) is 1.42. The van der Waals surface area contributed by atoms with E-state index in [0.29, 0.717) is 5.69 Å². The first-order valence-electron chi connectivity index (χ1n) is 7.44. The molecule has 1 aliphatic rings. The molecule has 2 aromatic heterocycles. The summed E-state index contributed by atoms with van der Waals surface area (Å²) in [7, 11) is 0. The van der Waals surface area contributed by atoms with Crippen LogP contribution in [0.25, 0.3) is 6.08 Å². The van der Waals surface area contributed by atoms with Gasteiger partial charge < -0.3 is 14.6 Å². The molecule has 6 nitrogen and oxygen atoms in total. The van der Waals surface area contributed by atoms with E-state index >= 15 is 0 Å². The van der Waals surface area contributed by atoms with Crippen LogP contribution in [-0.2, 0) is 13.1 Å². The molecular formula is C16H21N3O3. The van der Waals surface area contributed by atoms with Crippen LogP contribution in [0.2, 0.25) is 0 Å². The van der Waals surface area contributed by atoms with Gasteiger partial charge in [0.05, 0.1) is 30.8 Å². The van der Waals surface area contributed by atoms with E-state index in [1.54, 1.807) is 6.26 Å². The highest BCUT2D eigenvalue weighted by Gasteiger charge is 2.20. The van der Waals surface area contributed by atoms with Gasteiger partial charge in [-0.2, -0.15) is 5.10 Å². The fraction of sp³-hybridized carbons (Fsp3) is 0.438. The van der Waals surface area contributed by atoms with Crippen LogP contribution in [-0.4, -0.2) is 44.6 Å². The predicted molar refractivity (Wildman–Crippen MR) is 81.9 cm³/mol. The summed E-state index contributed by atoms with van der Waals surface area (Å²) in [6, 6.07) is 5.70. The highest BCUT2D eigenvalue weighted by molar-refractivity contribution is 5.46. The summed E-state index contributed by atoms with van der Waals surface area (Å²) in [5.74, 6) is 0.868. The summed E-state index contributed by atoms with van der Waals surface area (Å²) in [6.07, 6.45) is 2.83. The van der Waals surface area contributed by atoms with Crippen LogP contribution < -0.4 is 0 Å². The van der Waals surface area contributed by atoms with Gasteiger partial charge in [0.1, 0.15) is 11.9 Å². The Morgan fingerprint density at radius 2 is 2.36 bits per heavy atom. The first-order valence-corrected chi connectivity index (χ1v) is 7.44. The summed E-state index contributed by atoms with van der Waals surface area (Å²) in [5, 5.41) is 23.0. The average molecular weight is 303 g/mol. The maximum atomic E-state index is 9.67. The van der Waals surface area contributed by atoms with Gasteiger partial charge in [0.25, 0.3) is 0 Å². The molecule has 1 atom stereocenters. The van der Waals surface area contributed by atoms with Crippen LogP contribution in [0.3, 0.4) is 0 Å². The van der Waals surface area contributed by atoms with E-state index in [1.165, 1.54) is 5.57 Å². The third-order valence-corrected chi connectivity index (χ3v) is 3.82. The first-order chi connectivity index (χ1) is 10.7. The number of aliphatic hydroxyl groups excluding tert-OH is 2. The van der Waals surface area contributed by atoms with Crippen LogP contribution in [0, 0.1) is 0 Å². The molecule has 3 heterocycles. The summed E-state index contributed by atoms with van der Waals surface area (Å²) in [5.41, 5.74) is 2.85. The molecule has 6 heteroatoms. The van der Waals surface area contributed by atoms with Crippen molar-refractivity contribution in [3.05, 3.63) is 47.2 Å². The van der Waals surface area contributed by atoms with Crippen molar-refractivity contribution in [2.75, 3.05) is 19.7 Å². The molecule has 0 spiro atoms. The van der Waals surface area contributed by atoms with Crippen molar-refractivity contribution in [3.8, 4) is 0 Å². The Bertz CT molecular complexity index is 646. The molecule has 0 radical (unpaired) electrons. The fourth-order valence-corrected chi connectivity index (χ4v) is 2.75. The molecule has 0 unspecified atom stereocenters. The van der Waals surface area contributed by atoms with E-state index in [-0.39, 0.29) is 6.61 Å². The van der Waals surface area contributed by atoms with Crippen molar-refractivity contribution < 1.29 is 14.6 Å². The number of hydrogen-bond acceptors (Lipinski definition) is 5. The van der Waals surface area contributed by atoms with Gasteiger partial charge in [-0.1, -0.05) is 5.57 Å². The summed E-state index contributed by atoms with van der Waals surface area (Å²) in [6.45, 7) is 5.15. The third kappa shape index (κ3) is 3.30. The minimum Gasteiger partial charge on any atom is -0.465 e. The Labute approximate surface area is 129 Å². The molecule has 1 aliphatic heterocycles. The molecular weight excluding hydrogens is 282 g/mol. The molecule has 0 saturated carbocycles. The maximum absolute atomic E-state index is 9.67. The van der Waals surface area contributed by atoms with Gasteiger partial charge in [-0.05, 0) is 31.2 Å². The number of aliphatic hydroxyl groups is 2. The van der Waals surface area contributed by atoms with Gasteiger partial charge in [-0.15, -0.1) is 0 Å². The molecule has 2 aromatic rings. The molecule has 0 bridgehead atoms. The third-order valence-electron chi connectivity index (χ3n) is 3.82. The molecule has 3 rings (SSSR count). The number of aromatic nitrogens is 2. The molecule has 0 saturated heterocycles. The van der Waals surface area contributed by atoms with Gasteiger partial charge in [0.2, 0.25) is 0 Å². The number of fused-ring (bicyclic) bond motifs is 1. The van der Waals surface area contributed by atoms with E-state index in [9.17, 15) is 5.11 Å². The zero-order chi connectivity index (χ0) is 15.5. The van der Waals surface area contributed by atoms with Crippen molar-refractivity contribution >= 4 is 6.08 Å². The Morgan fingerprint density at radius 1 is 1.50 bits per heavy atom. The minimum atomic E-state index is -0.896. The summed E-state index contributed by atoms with van der Waals surface area (Å²) in [4.78, 5) is 2.33. The lowest BCUT2D eigenvalue weighted by molar-refractivity contribution is 0.0915. The Balaban J connectivity index is 1.65. The second-order valence-electron chi connectivity index (χ2n) is 5.70. The Morgan fingerprint density at radius 3 is 3.09 bits per heavy atom. The first kappa shape index (κ1) is 15.0. The number of furan rings is 1. The molecule has 22 heavy (non-hydrogen) atoms.